The molecule has 0 spiro atoms. The summed E-state index contributed by atoms with van der Waals surface area (Å²) in [7, 11) is 1.66. The number of nitrogens with zero attached hydrogens (tertiary/aromatic N) is 1. The summed E-state index contributed by atoms with van der Waals surface area (Å²) in [5, 5.41) is 6.52. The van der Waals surface area contributed by atoms with E-state index in [0.29, 0.717) is 26.4 Å². The highest BCUT2D eigenvalue weighted by molar-refractivity contribution is 14.0. The minimum atomic E-state index is 0. The van der Waals surface area contributed by atoms with Gasteiger partial charge in [-0.25, -0.2) is 0 Å². The Morgan fingerprint density at radius 3 is 2.33 bits per heavy atom. The molecule has 0 heterocycles. The van der Waals surface area contributed by atoms with E-state index >= 15 is 0 Å². The van der Waals surface area contributed by atoms with E-state index in [4.69, 9.17) is 9.47 Å². The smallest absolute Gasteiger partial charge is 0.191 e. The van der Waals surface area contributed by atoms with E-state index in [-0.39, 0.29) is 29.5 Å². The minimum absolute atomic E-state index is 0. The van der Waals surface area contributed by atoms with Gasteiger partial charge in [0, 0.05) is 19.2 Å². The second-order valence-electron chi connectivity index (χ2n) is 4.74. The Morgan fingerprint density at radius 2 is 1.83 bits per heavy atom. The van der Waals surface area contributed by atoms with E-state index in [9.17, 15) is 0 Å². The standard InChI is InChI=1S/C12H27N3O2.HI/c1-6-13-11(15-12(2,3)4)14-7-8-17-10-9-16-5;/h6-10H2,1-5H3,(H2,13,14,15);1H. The lowest BCUT2D eigenvalue weighted by molar-refractivity contribution is 0.0748. The third kappa shape index (κ3) is 14.0. The molecular weight excluding hydrogens is 345 g/mol. The van der Waals surface area contributed by atoms with Gasteiger partial charge >= 0.3 is 0 Å². The van der Waals surface area contributed by atoms with E-state index in [1.54, 1.807) is 7.11 Å². The van der Waals surface area contributed by atoms with Crippen LogP contribution in [0.2, 0.25) is 0 Å². The Labute approximate surface area is 128 Å². The van der Waals surface area contributed by atoms with E-state index in [1.165, 1.54) is 0 Å². The number of aliphatic imine (C=N–C) groups is 1. The van der Waals surface area contributed by atoms with Gasteiger partial charge in [-0.15, -0.1) is 24.0 Å². The van der Waals surface area contributed by atoms with Crippen LogP contribution in [0.1, 0.15) is 27.7 Å². The van der Waals surface area contributed by atoms with Crippen molar-refractivity contribution in [2.75, 3.05) is 40.0 Å². The molecule has 5 nitrogen and oxygen atoms in total. The summed E-state index contributed by atoms with van der Waals surface area (Å²) in [6.07, 6.45) is 0. The van der Waals surface area contributed by atoms with Gasteiger partial charge in [-0.3, -0.25) is 4.99 Å². The molecule has 0 radical (unpaired) electrons. The number of rotatable bonds is 7. The second kappa shape index (κ2) is 12.0. The highest BCUT2D eigenvalue weighted by atomic mass is 127. The third-order valence-electron chi connectivity index (χ3n) is 1.77. The van der Waals surface area contributed by atoms with Gasteiger partial charge in [-0.2, -0.15) is 0 Å². The maximum atomic E-state index is 5.35. The maximum Gasteiger partial charge on any atom is 0.191 e. The zero-order valence-corrected chi connectivity index (χ0v) is 14.5. The molecule has 0 saturated carbocycles. The predicted molar refractivity (Wildman–Crippen MR) is 87.0 cm³/mol. The normalized spacial score (nSPS) is 11.9. The van der Waals surface area contributed by atoms with Crippen LogP contribution in [0.25, 0.3) is 0 Å². The summed E-state index contributed by atoms with van der Waals surface area (Å²) in [5.74, 6) is 0.829. The lowest BCUT2D eigenvalue weighted by Gasteiger charge is -2.23. The first-order valence-corrected chi connectivity index (χ1v) is 6.12. The van der Waals surface area contributed by atoms with Crippen LogP contribution in [-0.4, -0.2) is 51.5 Å². The van der Waals surface area contributed by atoms with Gasteiger partial charge in [0.05, 0.1) is 26.4 Å². The molecular formula is C12H28IN3O2. The molecule has 0 atom stereocenters. The molecule has 0 amide bonds. The van der Waals surface area contributed by atoms with Crippen molar-refractivity contribution in [3.63, 3.8) is 0 Å². The first kappa shape index (κ1) is 20.2. The van der Waals surface area contributed by atoms with Crippen LogP contribution in [0.5, 0.6) is 0 Å². The summed E-state index contributed by atoms with van der Waals surface area (Å²) < 4.78 is 10.2. The number of ether oxygens (including phenoxy) is 2. The van der Waals surface area contributed by atoms with Crippen molar-refractivity contribution in [3.8, 4) is 0 Å². The van der Waals surface area contributed by atoms with Crippen molar-refractivity contribution in [2.24, 2.45) is 4.99 Å². The van der Waals surface area contributed by atoms with Crippen LogP contribution in [0, 0.1) is 0 Å². The van der Waals surface area contributed by atoms with Crippen molar-refractivity contribution in [2.45, 2.75) is 33.2 Å². The first-order chi connectivity index (χ1) is 7.99. The van der Waals surface area contributed by atoms with Crippen molar-refractivity contribution in [1.82, 2.24) is 10.6 Å². The fraction of sp³-hybridized carbons (Fsp3) is 0.917. The molecule has 0 aromatic rings. The molecule has 2 N–H and O–H groups in total. The maximum absolute atomic E-state index is 5.35. The van der Waals surface area contributed by atoms with Crippen LogP contribution in [0.15, 0.2) is 4.99 Å². The molecule has 18 heavy (non-hydrogen) atoms. The minimum Gasteiger partial charge on any atom is -0.382 e. The molecule has 0 aliphatic heterocycles. The van der Waals surface area contributed by atoms with Crippen LogP contribution >= 0.6 is 24.0 Å². The molecule has 0 aromatic carbocycles. The van der Waals surface area contributed by atoms with Gasteiger partial charge in [0.1, 0.15) is 0 Å². The molecule has 0 aromatic heterocycles. The summed E-state index contributed by atoms with van der Waals surface area (Å²) >= 11 is 0. The van der Waals surface area contributed by atoms with Crippen LogP contribution in [0.3, 0.4) is 0 Å². The lowest BCUT2D eigenvalue weighted by Crippen LogP contribution is -2.47. The fourth-order valence-electron chi connectivity index (χ4n) is 1.13. The van der Waals surface area contributed by atoms with Crippen LogP contribution in [-0.2, 0) is 9.47 Å². The zero-order valence-electron chi connectivity index (χ0n) is 12.2. The Kier molecular flexibility index (Phi) is 13.5. The molecule has 0 saturated heterocycles. The molecule has 0 aliphatic rings. The van der Waals surface area contributed by atoms with E-state index in [0.717, 1.165) is 12.5 Å². The van der Waals surface area contributed by atoms with Crippen molar-refractivity contribution < 1.29 is 9.47 Å². The van der Waals surface area contributed by atoms with Crippen molar-refractivity contribution in [1.29, 1.82) is 0 Å². The van der Waals surface area contributed by atoms with Gasteiger partial charge in [0.2, 0.25) is 0 Å². The number of hydrogen-bond donors (Lipinski definition) is 2. The molecule has 0 fully saturated rings. The topological polar surface area (TPSA) is 54.9 Å². The number of guanidine groups is 1. The summed E-state index contributed by atoms with van der Waals surface area (Å²) in [6, 6.07) is 0. The quantitative estimate of drug-likeness (QED) is 0.308. The summed E-state index contributed by atoms with van der Waals surface area (Å²) in [6.45, 7) is 11.7. The van der Waals surface area contributed by atoms with Crippen LogP contribution < -0.4 is 10.6 Å². The van der Waals surface area contributed by atoms with E-state index < -0.39 is 0 Å². The van der Waals surface area contributed by atoms with Gasteiger partial charge in [-0.05, 0) is 27.7 Å². The molecule has 0 unspecified atom stereocenters. The molecule has 6 heteroatoms. The average Bonchev–Trinajstić information content (AvgIpc) is 2.21. The number of methoxy groups -OCH3 is 1. The Hall–Kier alpha value is -0.0800. The monoisotopic (exact) mass is 373 g/mol. The van der Waals surface area contributed by atoms with Gasteiger partial charge in [0.25, 0.3) is 0 Å². The number of hydrogen-bond acceptors (Lipinski definition) is 3. The summed E-state index contributed by atoms with van der Waals surface area (Å²) in [5.41, 5.74) is 0.0118. The van der Waals surface area contributed by atoms with Gasteiger partial charge in [-0.1, -0.05) is 0 Å². The second-order valence-corrected chi connectivity index (χ2v) is 4.74. The van der Waals surface area contributed by atoms with E-state index in [2.05, 4.69) is 43.3 Å². The molecule has 0 aliphatic carbocycles. The van der Waals surface area contributed by atoms with E-state index in [1.807, 2.05) is 0 Å². The number of nitrogens with one attached hydrogen (secondary N) is 2. The van der Waals surface area contributed by atoms with Gasteiger partial charge in [0.15, 0.2) is 5.96 Å². The first-order valence-electron chi connectivity index (χ1n) is 6.12. The van der Waals surface area contributed by atoms with Gasteiger partial charge < -0.3 is 20.1 Å². The Morgan fingerprint density at radius 1 is 1.17 bits per heavy atom. The van der Waals surface area contributed by atoms with Crippen molar-refractivity contribution in [3.05, 3.63) is 0 Å². The zero-order chi connectivity index (χ0) is 13.1. The SMILES string of the molecule is CCNC(=NCCOCCOC)NC(C)(C)C.I. The molecule has 0 rings (SSSR count). The Bertz CT molecular complexity index is 218. The highest BCUT2D eigenvalue weighted by Gasteiger charge is 2.11. The lowest BCUT2D eigenvalue weighted by atomic mass is 10.1. The van der Waals surface area contributed by atoms with Crippen molar-refractivity contribution >= 4 is 29.9 Å². The summed E-state index contributed by atoms with van der Waals surface area (Å²) in [4.78, 5) is 4.43. The highest BCUT2D eigenvalue weighted by Crippen LogP contribution is 1.97. The average molecular weight is 373 g/mol. The van der Waals surface area contributed by atoms with Crippen LogP contribution in [0.4, 0.5) is 0 Å². The predicted octanol–water partition coefficient (Wildman–Crippen LogP) is 1.62. The molecule has 0 bridgehead atoms. The molecule has 110 valence electrons. The number of halogens is 1. The largest absolute Gasteiger partial charge is 0.382 e. The Balaban J connectivity index is 0. The third-order valence-corrected chi connectivity index (χ3v) is 1.77. The fourth-order valence-corrected chi connectivity index (χ4v) is 1.13.